The molecule has 74 valence electrons. The smallest absolute Gasteiger partial charge is 0.0518 e. The van der Waals surface area contributed by atoms with E-state index < -0.39 is 0 Å². The number of hydrogen-bond acceptors (Lipinski definition) is 2. The predicted octanol–water partition coefficient (Wildman–Crippen LogP) is 2.32. The number of rotatable bonds is 6. The molecule has 0 atom stereocenters. The Labute approximate surface area is 76.5 Å². The molecule has 2 heteroatoms. The Kier molecular flexibility index (Phi) is 5.51. The minimum absolute atomic E-state index is 0.00507. The van der Waals surface area contributed by atoms with Gasteiger partial charge in [-0.3, -0.25) is 0 Å². The molecule has 0 bridgehead atoms. The van der Waals surface area contributed by atoms with E-state index in [0.29, 0.717) is 6.10 Å². The third kappa shape index (κ3) is 4.73. The average Bonchev–Trinajstić information content (AvgIpc) is 2.03. The molecule has 12 heavy (non-hydrogen) atoms. The van der Waals surface area contributed by atoms with E-state index in [0.717, 1.165) is 25.9 Å². The number of nitrogens with two attached hydrogens (primary N) is 1. The second kappa shape index (κ2) is 5.55. The molecule has 0 aromatic rings. The molecule has 0 aliphatic rings. The second-order valence-electron chi connectivity index (χ2n) is 3.74. The van der Waals surface area contributed by atoms with Crippen LogP contribution in [0.25, 0.3) is 0 Å². The van der Waals surface area contributed by atoms with Gasteiger partial charge in [0.15, 0.2) is 0 Å². The summed E-state index contributed by atoms with van der Waals surface area (Å²) in [5.41, 5.74) is 6.10. The molecule has 0 aliphatic carbocycles. The number of ether oxygens (including phenoxy) is 1. The molecule has 0 heterocycles. The van der Waals surface area contributed by atoms with Crippen LogP contribution in [-0.4, -0.2) is 18.2 Å². The Balaban J connectivity index is 3.58. The maximum absolute atomic E-state index is 6.10. The van der Waals surface area contributed by atoms with Gasteiger partial charge in [-0.05, 0) is 33.1 Å². The summed E-state index contributed by atoms with van der Waals surface area (Å²) in [4.78, 5) is 0. The summed E-state index contributed by atoms with van der Waals surface area (Å²) in [5.74, 6) is 0. The summed E-state index contributed by atoms with van der Waals surface area (Å²) in [7, 11) is 0. The van der Waals surface area contributed by atoms with E-state index in [2.05, 4.69) is 27.7 Å². The first kappa shape index (κ1) is 11.9. The van der Waals surface area contributed by atoms with E-state index >= 15 is 0 Å². The summed E-state index contributed by atoms with van der Waals surface area (Å²) >= 11 is 0. The Morgan fingerprint density at radius 3 is 2.08 bits per heavy atom. The van der Waals surface area contributed by atoms with Crippen molar-refractivity contribution in [2.24, 2.45) is 5.73 Å². The lowest BCUT2D eigenvalue weighted by Gasteiger charge is -2.26. The zero-order chi connectivity index (χ0) is 9.61. The van der Waals surface area contributed by atoms with E-state index in [9.17, 15) is 0 Å². The van der Waals surface area contributed by atoms with Crippen LogP contribution in [-0.2, 0) is 4.74 Å². The molecule has 0 saturated carbocycles. The van der Waals surface area contributed by atoms with Gasteiger partial charge in [-0.2, -0.15) is 0 Å². The van der Waals surface area contributed by atoms with Crippen molar-refractivity contribution >= 4 is 0 Å². The fraction of sp³-hybridized carbons (Fsp3) is 1.00. The van der Waals surface area contributed by atoms with Crippen LogP contribution in [0.15, 0.2) is 0 Å². The van der Waals surface area contributed by atoms with Gasteiger partial charge in [0, 0.05) is 12.1 Å². The third-order valence-electron chi connectivity index (χ3n) is 2.46. The lowest BCUT2D eigenvalue weighted by Crippen LogP contribution is -2.39. The van der Waals surface area contributed by atoms with Crippen molar-refractivity contribution in [1.29, 1.82) is 0 Å². The molecule has 0 rings (SSSR count). The Hall–Kier alpha value is -0.0800. The van der Waals surface area contributed by atoms with Crippen molar-refractivity contribution in [3.63, 3.8) is 0 Å². The standard InChI is InChI=1S/C10H23NO/c1-5-10(11,6-2)7-8-12-9(3)4/h9H,5-8,11H2,1-4H3. The summed E-state index contributed by atoms with van der Waals surface area (Å²) in [6, 6.07) is 0. The van der Waals surface area contributed by atoms with E-state index in [-0.39, 0.29) is 5.54 Å². The molecule has 2 N–H and O–H groups in total. The van der Waals surface area contributed by atoms with Crippen LogP contribution in [0.2, 0.25) is 0 Å². The van der Waals surface area contributed by atoms with E-state index in [1.165, 1.54) is 0 Å². The van der Waals surface area contributed by atoms with Gasteiger partial charge in [-0.25, -0.2) is 0 Å². The van der Waals surface area contributed by atoms with Crippen molar-refractivity contribution in [1.82, 2.24) is 0 Å². The van der Waals surface area contributed by atoms with Gasteiger partial charge >= 0.3 is 0 Å². The van der Waals surface area contributed by atoms with Gasteiger partial charge in [-0.15, -0.1) is 0 Å². The lowest BCUT2D eigenvalue weighted by molar-refractivity contribution is 0.0635. The van der Waals surface area contributed by atoms with Crippen LogP contribution in [0.3, 0.4) is 0 Å². The average molecular weight is 173 g/mol. The monoisotopic (exact) mass is 173 g/mol. The quantitative estimate of drug-likeness (QED) is 0.669. The first-order chi connectivity index (χ1) is 5.54. The van der Waals surface area contributed by atoms with Gasteiger partial charge < -0.3 is 10.5 Å². The highest BCUT2D eigenvalue weighted by Gasteiger charge is 2.19. The van der Waals surface area contributed by atoms with Crippen molar-refractivity contribution in [3.8, 4) is 0 Å². The molecular formula is C10H23NO. The zero-order valence-electron chi connectivity index (χ0n) is 8.89. The number of hydrogen-bond donors (Lipinski definition) is 1. The van der Waals surface area contributed by atoms with Crippen LogP contribution in [0.1, 0.15) is 47.0 Å². The zero-order valence-corrected chi connectivity index (χ0v) is 8.89. The highest BCUT2D eigenvalue weighted by molar-refractivity contribution is 4.80. The molecule has 0 aliphatic heterocycles. The van der Waals surface area contributed by atoms with E-state index in [1.54, 1.807) is 0 Å². The van der Waals surface area contributed by atoms with Crippen LogP contribution in [0, 0.1) is 0 Å². The summed E-state index contributed by atoms with van der Waals surface area (Å²) < 4.78 is 5.46. The molecule has 0 radical (unpaired) electrons. The molecule has 0 aromatic carbocycles. The first-order valence-electron chi connectivity index (χ1n) is 4.94. The van der Waals surface area contributed by atoms with Crippen LogP contribution >= 0.6 is 0 Å². The SMILES string of the molecule is CCC(N)(CC)CCOC(C)C. The van der Waals surface area contributed by atoms with Crippen LogP contribution in [0.4, 0.5) is 0 Å². The van der Waals surface area contributed by atoms with Gasteiger partial charge in [-0.1, -0.05) is 13.8 Å². The summed E-state index contributed by atoms with van der Waals surface area (Å²) in [6.07, 6.45) is 3.36. The van der Waals surface area contributed by atoms with Crippen molar-refractivity contribution in [2.75, 3.05) is 6.61 Å². The highest BCUT2D eigenvalue weighted by Crippen LogP contribution is 2.15. The molecule has 0 amide bonds. The van der Waals surface area contributed by atoms with E-state index in [1.807, 2.05) is 0 Å². The van der Waals surface area contributed by atoms with Crippen LogP contribution in [0.5, 0.6) is 0 Å². The molecule has 0 aromatic heterocycles. The predicted molar refractivity (Wildman–Crippen MR) is 53.2 cm³/mol. The highest BCUT2D eigenvalue weighted by atomic mass is 16.5. The summed E-state index contributed by atoms with van der Waals surface area (Å²) in [6.45, 7) is 9.17. The molecule has 2 nitrogen and oxygen atoms in total. The van der Waals surface area contributed by atoms with Gasteiger partial charge in [0.25, 0.3) is 0 Å². The third-order valence-corrected chi connectivity index (χ3v) is 2.46. The normalized spacial score (nSPS) is 12.5. The largest absolute Gasteiger partial charge is 0.379 e. The molecule has 0 unspecified atom stereocenters. The lowest BCUT2D eigenvalue weighted by atomic mass is 9.91. The Morgan fingerprint density at radius 1 is 1.25 bits per heavy atom. The van der Waals surface area contributed by atoms with Crippen LogP contribution < -0.4 is 5.73 Å². The van der Waals surface area contributed by atoms with Gasteiger partial charge in [0.2, 0.25) is 0 Å². The fourth-order valence-electron chi connectivity index (χ4n) is 1.10. The maximum atomic E-state index is 6.10. The first-order valence-corrected chi connectivity index (χ1v) is 4.94. The topological polar surface area (TPSA) is 35.2 Å². The molecule has 0 fully saturated rings. The Bertz CT molecular complexity index is 108. The van der Waals surface area contributed by atoms with Gasteiger partial charge in [0.05, 0.1) is 6.10 Å². The minimum Gasteiger partial charge on any atom is -0.379 e. The van der Waals surface area contributed by atoms with E-state index in [4.69, 9.17) is 10.5 Å². The summed E-state index contributed by atoms with van der Waals surface area (Å²) in [5, 5.41) is 0. The molecular weight excluding hydrogens is 150 g/mol. The second-order valence-corrected chi connectivity index (χ2v) is 3.74. The minimum atomic E-state index is -0.00507. The van der Waals surface area contributed by atoms with Crippen molar-refractivity contribution < 1.29 is 4.74 Å². The molecule has 0 saturated heterocycles. The van der Waals surface area contributed by atoms with Crippen molar-refractivity contribution in [2.45, 2.75) is 58.6 Å². The maximum Gasteiger partial charge on any atom is 0.0518 e. The molecule has 0 spiro atoms. The fourth-order valence-corrected chi connectivity index (χ4v) is 1.10. The Morgan fingerprint density at radius 2 is 1.75 bits per heavy atom. The van der Waals surface area contributed by atoms with Gasteiger partial charge in [0.1, 0.15) is 0 Å². The van der Waals surface area contributed by atoms with Crippen molar-refractivity contribution in [3.05, 3.63) is 0 Å².